The van der Waals surface area contributed by atoms with Crippen LogP contribution in [0.5, 0.6) is 5.88 Å². The Bertz CT molecular complexity index is 1020. The molecular formula is C21H23N5O. The van der Waals surface area contributed by atoms with Gasteiger partial charge in [-0.3, -0.25) is 10.1 Å². The van der Waals surface area contributed by atoms with Crippen molar-refractivity contribution < 1.29 is 4.74 Å². The average molecular weight is 361 g/mol. The summed E-state index contributed by atoms with van der Waals surface area (Å²) in [5.41, 5.74) is 4.93. The monoisotopic (exact) mass is 361 g/mol. The predicted molar refractivity (Wildman–Crippen MR) is 105 cm³/mol. The van der Waals surface area contributed by atoms with Crippen molar-refractivity contribution in [2.75, 3.05) is 13.1 Å². The van der Waals surface area contributed by atoms with E-state index in [0.29, 0.717) is 17.0 Å². The van der Waals surface area contributed by atoms with Crippen LogP contribution in [-0.2, 0) is 0 Å². The van der Waals surface area contributed by atoms with Gasteiger partial charge in [0.25, 0.3) is 0 Å². The van der Waals surface area contributed by atoms with Crippen LogP contribution < -0.4 is 10.1 Å². The third-order valence-electron chi connectivity index (χ3n) is 5.88. The number of rotatable bonds is 4. The summed E-state index contributed by atoms with van der Waals surface area (Å²) in [6, 6.07) is 6.16. The van der Waals surface area contributed by atoms with Crippen LogP contribution in [-0.4, -0.2) is 39.4 Å². The zero-order valence-corrected chi connectivity index (χ0v) is 15.5. The molecule has 138 valence electrons. The molecule has 2 N–H and O–H groups in total. The minimum absolute atomic E-state index is 0.168. The zero-order valence-electron chi connectivity index (χ0n) is 15.5. The summed E-state index contributed by atoms with van der Waals surface area (Å²) < 4.78 is 6.26. The van der Waals surface area contributed by atoms with E-state index in [2.05, 4.69) is 33.1 Å². The van der Waals surface area contributed by atoms with Crippen LogP contribution in [0.15, 0.2) is 37.2 Å². The fourth-order valence-corrected chi connectivity index (χ4v) is 3.99. The molecule has 1 saturated carbocycles. The van der Waals surface area contributed by atoms with E-state index in [4.69, 9.17) is 9.72 Å². The van der Waals surface area contributed by atoms with Crippen LogP contribution in [0.4, 0.5) is 0 Å². The predicted octanol–water partition coefficient (Wildman–Crippen LogP) is 3.57. The van der Waals surface area contributed by atoms with E-state index in [1.165, 1.54) is 19.3 Å². The van der Waals surface area contributed by atoms with Crippen molar-refractivity contribution in [2.45, 2.75) is 32.3 Å². The number of nitrogens with one attached hydrogen (secondary N) is 2. The van der Waals surface area contributed by atoms with Gasteiger partial charge in [0.1, 0.15) is 17.5 Å². The summed E-state index contributed by atoms with van der Waals surface area (Å²) >= 11 is 0. The molecule has 6 nitrogen and oxygen atoms in total. The second-order valence-electron chi connectivity index (χ2n) is 7.78. The van der Waals surface area contributed by atoms with Crippen LogP contribution in [0.2, 0.25) is 0 Å². The van der Waals surface area contributed by atoms with Gasteiger partial charge in [0, 0.05) is 17.3 Å². The molecule has 2 aliphatic rings. The van der Waals surface area contributed by atoms with Crippen molar-refractivity contribution in [1.82, 2.24) is 25.5 Å². The minimum Gasteiger partial charge on any atom is -0.471 e. The first-order chi connectivity index (χ1) is 13.1. The average Bonchev–Trinajstić information content (AvgIpc) is 3.32. The minimum atomic E-state index is 0.168. The van der Waals surface area contributed by atoms with Crippen molar-refractivity contribution in [3.05, 3.63) is 42.7 Å². The molecule has 3 heterocycles. The Balaban J connectivity index is 1.48. The van der Waals surface area contributed by atoms with Crippen molar-refractivity contribution in [3.63, 3.8) is 0 Å². The molecule has 27 heavy (non-hydrogen) atoms. The lowest BCUT2D eigenvalue weighted by molar-refractivity contribution is 0.0844. The van der Waals surface area contributed by atoms with Gasteiger partial charge in [-0.25, -0.2) is 4.98 Å². The van der Waals surface area contributed by atoms with Gasteiger partial charge in [0.15, 0.2) is 0 Å². The summed E-state index contributed by atoms with van der Waals surface area (Å²) in [4.78, 5) is 9.07. The second kappa shape index (κ2) is 6.16. The highest BCUT2D eigenvalue weighted by molar-refractivity contribution is 5.93. The molecule has 0 unspecified atom stereocenters. The standard InChI is InChI=1S/C21H23N5O/c1-13(2)14-3-4-16-15(9-14)20(26-25-16)17-10-23-12-19(24-17)27-18-11-22-8-7-21(18)5-6-21/h3-4,9-10,12,18,22H,1,5-8,11H2,2H3,(H,25,26)/t18-/m0/s1. The molecule has 1 aliphatic carbocycles. The van der Waals surface area contributed by atoms with E-state index in [1.807, 2.05) is 19.1 Å². The lowest BCUT2D eigenvalue weighted by Gasteiger charge is -2.32. The lowest BCUT2D eigenvalue weighted by atomic mass is 9.92. The normalized spacial score (nSPS) is 20.7. The first-order valence-electron chi connectivity index (χ1n) is 9.48. The van der Waals surface area contributed by atoms with Gasteiger partial charge in [0.05, 0.1) is 17.9 Å². The Kier molecular flexibility index (Phi) is 3.75. The smallest absolute Gasteiger partial charge is 0.233 e. The largest absolute Gasteiger partial charge is 0.471 e. The highest BCUT2D eigenvalue weighted by atomic mass is 16.5. The van der Waals surface area contributed by atoms with Gasteiger partial charge < -0.3 is 10.1 Å². The molecule has 0 amide bonds. The number of hydrogen-bond donors (Lipinski definition) is 2. The third kappa shape index (κ3) is 2.90. The molecule has 6 heteroatoms. The molecule has 1 aromatic carbocycles. The molecular weight excluding hydrogens is 338 g/mol. The van der Waals surface area contributed by atoms with Crippen LogP contribution in [0.3, 0.4) is 0 Å². The molecule has 2 fully saturated rings. The van der Waals surface area contributed by atoms with Gasteiger partial charge in [0.2, 0.25) is 5.88 Å². The fraction of sp³-hybridized carbons (Fsp3) is 0.381. The van der Waals surface area contributed by atoms with Crippen molar-refractivity contribution in [1.29, 1.82) is 0 Å². The maximum atomic E-state index is 6.26. The summed E-state index contributed by atoms with van der Waals surface area (Å²) in [7, 11) is 0. The Hall–Kier alpha value is -2.73. The van der Waals surface area contributed by atoms with Gasteiger partial charge in [-0.15, -0.1) is 0 Å². The number of ether oxygens (including phenoxy) is 1. The molecule has 0 radical (unpaired) electrons. The number of piperidine rings is 1. The van der Waals surface area contributed by atoms with E-state index >= 15 is 0 Å². The molecule has 3 aromatic rings. The number of allylic oxidation sites excluding steroid dienone is 1. The highest BCUT2D eigenvalue weighted by Gasteiger charge is 2.52. The van der Waals surface area contributed by atoms with E-state index < -0.39 is 0 Å². The Morgan fingerprint density at radius 3 is 2.96 bits per heavy atom. The molecule has 2 aromatic heterocycles. The van der Waals surface area contributed by atoms with Crippen molar-refractivity contribution >= 4 is 16.5 Å². The molecule has 5 rings (SSSR count). The Morgan fingerprint density at radius 1 is 1.26 bits per heavy atom. The van der Waals surface area contributed by atoms with Crippen LogP contribution in [0, 0.1) is 5.41 Å². The number of H-pyrrole nitrogens is 1. The van der Waals surface area contributed by atoms with Crippen LogP contribution in [0.25, 0.3) is 27.9 Å². The first kappa shape index (κ1) is 16.4. The number of aromatic nitrogens is 4. The van der Waals surface area contributed by atoms with Gasteiger partial charge in [-0.1, -0.05) is 18.2 Å². The van der Waals surface area contributed by atoms with Crippen molar-refractivity contribution in [3.8, 4) is 17.3 Å². The summed E-state index contributed by atoms with van der Waals surface area (Å²) in [6.07, 6.45) is 7.28. The molecule has 1 saturated heterocycles. The number of nitrogens with zero attached hydrogens (tertiary/aromatic N) is 3. The molecule has 1 spiro atoms. The van der Waals surface area contributed by atoms with E-state index in [0.717, 1.165) is 40.8 Å². The number of fused-ring (bicyclic) bond motifs is 1. The summed E-state index contributed by atoms with van der Waals surface area (Å²) in [5, 5.41) is 12.0. The van der Waals surface area contributed by atoms with Gasteiger partial charge >= 0.3 is 0 Å². The Morgan fingerprint density at radius 2 is 2.15 bits per heavy atom. The van der Waals surface area contributed by atoms with E-state index in [9.17, 15) is 0 Å². The number of aromatic amines is 1. The quantitative estimate of drug-likeness (QED) is 0.743. The number of hydrogen-bond acceptors (Lipinski definition) is 5. The van der Waals surface area contributed by atoms with E-state index in [1.54, 1.807) is 12.4 Å². The SMILES string of the molecule is C=C(C)c1ccc2[nH]nc(-c3cncc(O[C@H]4CNCCC45CC5)n3)c2c1. The van der Waals surface area contributed by atoms with Gasteiger partial charge in [-0.05, 0) is 50.4 Å². The van der Waals surface area contributed by atoms with Gasteiger partial charge in [-0.2, -0.15) is 5.10 Å². The maximum absolute atomic E-state index is 6.26. The fourth-order valence-electron chi connectivity index (χ4n) is 3.99. The first-order valence-corrected chi connectivity index (χ1v) is 9.48. The molecule has 1 aliphatic heterocycles. The second-order valence-corrected chi connectivity index (χ2v) is 7.78. The summed E-state index contributed by atoms with van der Waals surface area (Å²) in [6.45, 7) is 7.99. The zero-order chi connectivity index (χ0) is 18.4. The van der Waals surface area contributed by atoms with E-state index in [-0.39, 0.29) is 6.10 Å². The van der Waals surface area contributed by atoms with Crippen LogP contribution in [0.1, 0.15) is 31.7 Å². The van der Waals surface area contributed by atoms with Crippen LogP contribution >= 0.6 is 0 Å². The summed E-state index contributed by atoms with van der Waals surface area (Å²) in [5.74, 6) is 0.569. The Labute approximate surface area is 158 Å². The lowest BCUT2D eigenvalue weighted by Crippen LogP contribution is -2.45. The third-order valence-corrected chi connectivity index (χ3v) is 5.88. The topological polar surface area (TPSA) is 75.7 Å². The maximum Gasteiger partial charge on any atom is 0.233 e. The molecule has 0 bridgehead atoms. The number of benzene rings is 1. The molecule has 1 atom stereocenters. The van der Waals surface area contributed by atoms with Crippen molar-refractivity contribution in [2.24, 2.45) is 5.41 Å². The highest BCUT2D eigenvalue weighted by Crippen LogP contribution is 2.53.